The van der Waals surface area contributed by atoms with E-state index in [9.17, 15) is 0 Å². The Morgan fingerprint density at radius 2 is 1.67 bits per heavy atom. The molecule has 0 aromatic heterocycles. The van der Waals surface area contributed by atoms with E-state index in [-0.39, 0.29) is 11.3 Å². The second-order valence-electron chi connectivity index (χ2n) is 6.62. The number of rotatable bonds is 1. The topological polar surface area (TPSA) is 39.0 Å². The van der Waals surface area contributed by atoms with Crippen molar-refractivity contribution in [3.05, 3.63) is 0 Å². The van der Waals surface area contributed by atoms with Gasteiger partial charge in [-0.25, -0.2) is 0 Å². The largest absolute Gasteiger partial charge is 0.329 e. The lowest BCUT2D eigenvalue weighted by Crippen LogP contribution is -2.70. The Hall–Kier alpha value is -0.200. The van der Waals surface area contributed by atoms with Gasteiger partial charge in [0.1, 0.15) is 11.3 Å². The monoisotopic (exact) mass is 251 g/mol. The van der Waals surface area contributed by atoms with Crippen LogP contribution in [0.15, 0.2) is 0 Å². The van der Waals surface area contributed by atoms with E-state index in [0.29, 0.717) is 6.04 Å². The smallest absolute Gasteiger partial charge is 0.106 e. The average Bonchev–Trinajstić information content (AvgIpc) is 2.75. The summed E-state index contributed by atoms with van der Waals surface area (Å²) in [7, 11) is 0. The molecule has 0 bridgehead atoms. The molecule has 4 rings (SSSR count). The Labute approximate surface area is 109 Å². The van der Waals surface area contributed by atoms with Crippen molar-refractivity contribution in [2.45, 2.75) is 44.1 Å². The van der Waals surface area contributed by atoms with Crippen LogP contribution in [-0.4, -0.2) is 76.5 Å². The van der Waals surface area contributed by atoms with E-state index < -0.39 is 0 Å². The Balaban J connectivity index is 1.82. The zero-order valence-corrected chi connectivity index (χ0v) is 11.6. The molecule has 4 heterocycles. The zero-order chi connectivity index (χ0) is 12.5. The van der Waals surface area contributed by atoms with Gasteiger partial charge in [-0.05, 0) is 26.7 Å². The molecule has 5 nitrogen and oxygen atoms in total. The quantitative estimate of drug-likeness (QED) is 0.693. The van der Waals surface area contributed by atoms with Crippen molar-refractivity contribution in [2.75, 3.05) is 39.5 Å². The first-order chi connectivity index (χ1) is 8.62. The van der Waals surface area contributed by atoms with Crippen LogP contribution in [0.4, 0.5) is 0 Å². The Morgan fingerprint density at radius 1 is 1.00 bits per heavy atom. The Bertz CT molecular complexity index is 374. The van der Waals surface area contributed by atoms with Crippen LogP contribution in [0.1, 0.15) is 26.7 Å². The normalized spacial score (nSPS) is 49.8. The lowest BCUT2D eigenvalue weighted by molar-refractivity contribution is -0.0836. The molecule has 0 aromatic rings. The van der Waals surface area contributed by atoms with Crippen LogP contribution in [0.25, 0.3) is 0 Å². The number of nitrogens with two attached hydrogens (primary N) is 1. The van der Waals surface area contributed by atoms with Crippen LogP contribution < -0.4 is 5.73 Å². The fourth-order valence-corrected chi connectivity index (χ4v) is 4.99. The van der Waals surface area contributed by atoms with Gasteiger partial charge in [-0.1, -0.05) is 0 Å². The molecule has 4 saturated heterocycles. The van der Waals surface area contributed by atoms with Gasteiger partial charge < -0.3 is 5.73 Å². The standard InChI is InChI=1S/C13H25N5/c1-12-13(2)17-7-4-11(8-14)18(13)10-16(12)6-3-5-15(12)9-17/h11H,3-10,14H2,1-2H3/t11?,12-,13+/m0/s1. The average molecular weight is 251 g/mol. The van der Waals surface area contributed by atoms with E-state index in [2.05, 4.69) is 33.4 Å². The molecule has 1 unspecified atom stereocenters. The molecule has 0 saturated carbocycles. The third kappa shape index (κ3) is 1.04. The fraction of sp³-hybridized carbons (Fsp3) is 1.00. The first-order valence-corrected chi connectivity index (χ1v) is 7.34. The highest BCUT2D eigenvalue weighted by Crippen LogP contribution is 2.53. The first-order valence-electron chi connectivity index (χ1n) is 7.34. The summed E-state index contributed by atoms with van der Waals surface area (Å²) in [5.41, 5.74) is 6.37. The molecule has 102 valence electrons. The molecule has 4 fully saturated rings. The van der Waals surface area contributed by atoms with Gasteiger partial charge in [-0.15, -0.1) is 0 Å². The van der Waals surface area contributed by atoms with Crippen LogP contribution in [0, 0.1) is 0 Å². The second kappa shape index (κ2) is 3.46. The molecule has 0 radical (unpaired) electrons. The summed E-state index contributed by atoms with van der Waals surface area (Å²) >= 11 is 0. The fourth-order valence-electron chi connectivity index (χ4n) is 4.99. The van der Waals surface area contributed by atoms with E-state index in [1.807, 2.05) is 0 Å². The van der Waals surface area contributed by atoms with Crippen molar-refractivity contribution in [1.29, 1.82) is 0 Å². The van der Waals surface area contributed by atoms with Crippen LogP contribution in [0.5, 0.6) is 0 Å². The van der Waals surface area contributed by atoms with Gasteiger partial charge in [0, 0.05) is 32.2 Å². The Kier molecular flexibility index (Phi) is 2.23. The van der Waals surface area contributed by atoms with Crippen LogP contribution in [0.3, 0.4) is 0 Å². The lowest BCUT2D eigenvalue weighted by Gasteiger charge is -2.53. The van der Waals surface area contributed by atoms with Gasteiger partial charge in [0.05, 0.1) is 13.3 Å². The summed E-state index contributed by atoms with van der Waals surface area (Å²) in [5, 5.41) is 0. The lowest BCUT2D eigenvalue weighted by atomic mass is 9.89. The molecule has 18 heavy (non-hydrogen) atoms. The van der Waals surface area contributed by atoms with Crippen molar-refractivity contribution in [1.82, 2.24) is 19.6 Å². The molecule has 0 aliphatic carbocycles. The summed E-state index contributed by atoms with van der Waals surface area (Å²) in [6, 6.07) is 0.564. The number of nitrogens with zero attached hydrogens (tertiary/aromatic N) is 4. The molecule has 2 N–H and O–H groups in total. The molecular weight excluding hydrogens is 226 g/mol. The van der Waals surface area contributed by atoms with Gasteiger partial charge in [0.2, 0.25) is 0 Å². The van der Waals surface area contributed by atoms with Crippen molar-refractivity contribution >= 4 is 0 Å². The van der Waals surface area contributed by atoms with E-state index in [4.69, 9.17) is 5.73 Å². The summed E-state index contributed by atoms with van der Waals surface area (Å²) in [5.74, 6) is 0. The minimum atomic E-state index is 0.162. The van der Waals surface area contributed by atoms with Gasteiger partial charge >= 0.3 is 0 Å². The third-order valence-electron chi connectivity index (χ3n) is 6.27. The highest BCUT2D eigenvalue weighted by atomic mass is 15.7. The van der Waals surface area contributed by atoms with Crippen LogP contribution in [0.2, 0.25) is 0 Å². The van der Waals surface area contributed by atoms with Crippen molar-refractivity contribution < 1.29 is 0 Å². The second-order valence-corrected chi connectivity index (χ2v) is 6.62. The molecule has 3 atom stereocenters. The SMILES string of the molecule is C[C@]12N3CCCN1CN1C(CN)CCN(C3)[C@]12C. The molecule has 0 amide bonds. The molecule has 0 aromatic carbocycles. The maximum Gasteiger partial charge on any atom is 0.106 e. The molecule has 4 aliphatic rings. The van der Waals surface area contributed by atoms with Gasteiger partial charge in [0.15, 0.2) is 0 Å². The van der Waals surface area contributed by atoms with Crippen LogP contribution in [-0.2, 0) is 0 Å². The van der Waals surface area contributed by atoms with Crippen molar-refractivity contribution in [3.63, 3.8) is 0 Å². The van der Waals surface area contributed by atoms with Crippen LogP contribution >= 0.6 is 0 Å². The number of hydrogen-bond acceptors (Lipinski definition) is 5. The van der Waals surface area contributed by atoms with Crippen molar-refractivity contribution in [2.24, 2.45) is 5.73 Å². The minimum absolute atomic E-state index is 0.162. The predicted molar refractivity (Wildman–Crippen MR) is 70.6 cm³/mol. The Morgan fingerprint density at radius 3 is 2.39 bits per heavy atom. The van der Waals surface area contributed by atoms with Gasteiger partial charge in [-0.3, -0.25) is 19.6 Å². The number of hydrogen-bond donors (Lipinski definition) is 1. The molecular formula is C13H25N5. The third-order valence-corrected chi connectivity index (χ3v) is 6.27. The summed E-state index contributed by atoms with van der Waals surface area (Å²) in [4.78, 5) is 10.7. The van der Waals surface area contributed by atoms with E-state index in [1.165, 1.54) is 32.5 Å². The minimum Gasteiger partial charge on any atom is -0.329 e. The zero-order valence-electron chi connectivity index (χ0n) is 11.6. The molecule has 5 heteroatoms. The molecule has 4 aliphatic heterocycles. The van der Waals surface area contributed by atoms with E-state index in [1.54, 1.807) is 0 Å². The van der Waals surface area contributed by atoms with E-state index in [0.717, 1.165) is 19.9 Å². The first kappa shape index (κ1) is 11.6. The molecule has 0 spiro atoms. The highest BCUT2D eigenvalue weighted by molar-refractivity contribution is 5.19. The maximum atomic E-state index is 6.02. The van der Waals surface area contributed by atoms with Gasteiger partial charge in [0.25, 0.3) is 0 Å². The van der Waals surface area contributed by atoms with Gasteiger partial charge in [-0.2, -0.15) is 0 Å². The summed E-state index contributed by atoms with van der Waals surface area (Å²) in [6.45, 7) is 11.6. The highest BCUT2D eigenvalue weighted by Gasteiger charge is 2.70. The summed E-state index contributed by atoms with van der Waals surface area (Å²) < 4.78 is 0. The summed E-state index contributed by atoms with van der Waals surface area (Å²) in [6.07, 6.45) is 2.53. The predicted octanol–water partition coefficient (Wildman–Crippen LogP) is -0.296. The maximum absolute atomic E-state index is 6.02. The van der Waals surface area contributed by atoms with Crippen molar-refractivity contribution in [3.8, 4) is 0 Å². The van der Waals surface area contributed by atoms with E-state index >= 15 is 0 Å².